The molecule has 0 aliphatic rings. The summed E-state index contributed by atoms with van der Waals surface area (Å²) >= 11 is 0. The van der Waals surface area contributed by atoms with Gasteiger partial charge in [-0.15, -0.1) is 10.2 Å². The van der Waals surface area contributed by atoms with Crippen LogP contribution in [-0.2, 0) is 4.79 Å². The summed E-state index contributed by atoms with van der Waals surface area (Å²) in [6.45, 7) is 1.32. The van der Waals surface area contributed by atoms with E-state index >= 15 is 0 Å². The van der Waals surface area contributed by atoms with E-state index in [4.69, 9.17) is 15.3 Å². The van der Waals surface area contributed by atoms with Crippen LogP contribution in [0.15, 0.2) is 29.6 Å². The number of aromatic nitrogens is 3. The van der Waals surface area contributed by atoms with Crippen molar-refractivity contribution < 1.29 is 14.3 Å². The summed E-state index contributed by atoms with van der Waals surface area (Å²) in [5.74, 6) is 6.17. The van der Waals surface area contributed by atoms with Crippen LogP contribution in [0, 0.1) is 0 Å². The second-order valence-corrected chi connectivity index (χ2v) is 3.94. The molecular weight excluding hydrogens is 276 g/mol. The van der Waals surface area contributed by atoms with Crippen LogP contribution in [-0.4, -0.2) is 34.2 Å². The van der Waals surface area contributed by atoms with Crippen LogP contribution >= 0.6 is 0 Å². The Morgan fingerprint density at radius 1 is 1.48 bits per heavy atom. The van der Waals surface area contributed by atoms with Gasteiger partial charge in [0.25, 0.3) is 5.95 Å². The molecule has 2 aromatic rings. The molecule has 0 aliphatic heterocycles. The molecule has 2 rings (SSSR count). The molecule has 0 unspecified atom stereocenters. The van der Waals surface area contributed by atoms with E-state index in [0.717, 1.165) is 5.56 Å². The number of nitrogens with two attached hydrogens (primary N) is 1. The van der Waals surface area contributed by atoms with Gasteiger partial charge in [-0.25, -0.2) is 10.1 Å². The molecule has 1 aromatic carbocycles. The van der Waals surface area contributed by atoms with Gasteiger partial charge in [0.2, 0.25) is 0 Å². The fourth-order valence-electron chi connectivity index (χ4n) is 1.49. The highest BCUT2D eigenvalue weighted by Gasteiger charge is 2.07. The van der Waals surface area contributed by atoms with Crippen LogP contribution in [0.5, 0.6) is 11.5 Å². The third-order valence-electron chi connectivity index (χ3n) is 2.39. The number of hydrogen-bond acceptors (Lipinski definition) is 8. The second kappa shape index (κ2) is 6.37. The Morgan fingerprint density at radius 3 is 2.90 bits per heavy atom. The van der Waals surface area contributed by atoms with Gasteiger partial charge in [0.05, 0.1) is 13.3 Å². The molecule has 0 radical (unpaired) electrons. The molecular formula is C12H14N6O3. The van der Waals surface area contributed by atoms with E-state index in [1.807, 2.05) is 0 Å². The zero-order valence-corrected chi connectivity index (χ0v) is 11.5. The van der Waals surface area contributed by atoms with Crippen molar-refractivity contribution in [3.05, 3.63) is 30.1 Å². The second-order valence-electron chi connectivity index (χ2n) is 3.94. The first-order chi connectivity index (χ1) is 10.1. The third-order valence-corrected chi connectivity index (χ3v) is 2.39. The van der Waals surface area contributed by atoms with Gasteiger partial charge in [0.1, 0.15) is 6.33 Å². The maximum atomic E-state index is 11.0. The lowest BCUT2D eigenvalue weighted by molar-refractivity contribution is -0.132. The molecule has 0 saturated carbocycles. The number of esters is 1. The maximum Gasteiger partial charge on any atom is 0.308 e. The van der Waals surface area contributed by atoms with E-state index < -0.39 is 5.97 Å². The summed E-state index contributed by atoms with van der Waals surface area (Å²) in [7, 11) is 1.48. The topological polar surface area (TPSA) is 117 Å². The summed E-state index contributed by atoms with van der Waals surface area (Å²) in [4.78, 5) is 11.0. The fraction of sp³-hybridized carbons (Fsp3) is 0.167. The SMILES string of the molecule is COc1cc(C=NNc2nncn2N)ccc1OC(C)=O. The molecule has 3 N–H and O–H groups in total. The van der Waals surface area contributed by atoms with E-state index in [9.17, 15) is 4.79 Å². The van der Waals surface area contributed by atoms with Gasteiger partial charge in [-0.1, -0.05) is 0 Å². The number of carbonyl (C=O) groups is 1. The van der Waals surface area contributed by atoms with Gasteiger partial charge in [0, 0.05) is 6.92 Å². The molecule has 0 fully saturated rings. The van der Waals surface area contributed by atoms with Crippen LogP contribution in [0.25, 0.3) is 0 Å². The highest BCUT2D eigenvalue weighted by Crippen LogP contribution is 2.27. The van der Waals surface area contributed by atoms with Crippen molar-refractivity contribution in [2.24, 2.45) is 5.10 Å². The monoisotopic (exact) mass is 290 g/mol. The number of carbonyl (C=O) groups excluding carboxylic acids is 1. The Kier molecular flexibility index (Phi) is 4.34. The Hall–Kier alpha value is -3.10. The minimum Gasteiger partial charge on any atom is -0.493 e. The zero-order valence-electron chi connectivity index (χ0n) is 11.5. The Morgan fingerprint density at radius 2 is 2.29 bits per heavy atom. The summed E-state index contributed by atoms with van der Waals surface area (Å²) in [6, 6.07) is 5.02. The number of ether oxygens (including phenoxy) is 2. The van der Waals surface area contributed by atoms with Crippen LogP contribution < -0.4 is 20.7 Å². The van der Waals surface area contributed by atoms with Crippen LogP contribution in [0.3, 0.4) is 0 Å². The van der Waals surface area contributed by atoms with E-state index in [2.05, 4.69) is 20.7 Å². The normalized spacial score (nSPS) is 10.6. The predicted octanol–water partition coefficient (Wildman–Crippen LogP) is 0.372. The van der Waals surface area contributed by atoms with E-state index in [1.165, 1.54) is 31.3 Å². The van der Waals surface area contributed by atoms with Gasteiger partial charge >= 0.3 is 5.97 Å². The number of rotatable bonds is 5. The van der Waals surface area contributed by atoms with Crippen molar-refractivity contribution in [3.63, 3.8) is 0 Å². The van der Waals surface area contributed by atoms with E-state index in [1.54, 1.807) is 18.2 Å². The van der Waals surface area contributed by atoms with Gasteiger partial charge in [-0.05, 0) is 23.8 Å². The maximum absolute atomic E-state index is 11.0. The summed E-state index contributed by atoms with van der Waals surface area (Å²) < 4.78 is 11.4. The molecule has 9 heteroatoms. The number of hydrazone groups is 1. The summed E-state index contributed by atoms with van der Waals surface area (Å²) in [5.41, 5.74) is 3.37. The van der Waals surface area contributed by atoms with E-state index in [0.29, 0.717) is 17.4 Å². The van der Waals surface area contributed by atoms with E-state index in [-0.39, 0.29) is 0 Å². The lowest BCUT2D eigenvalue weighted by Crippen LogP contribution is -2.10. The third kappa shape index (κ3) is 3.69. The minimum atomic E-state index is -0.418. The van der Waals surface area contributed by atoms with Gasteiger partial charge < -0.3 is 15.3 Å². The Labute approximate surface area is 120 Å². The number of nitrogens with zero attached hydrogens (tertiary/aromatic N) is 4. The summed E-state index contributed by atoms with van der Waals surface area (Å²) in [5, 5.41) is 11.3. The van der Waals surface area contributed by atoms with Crippen LogP contribution in [0.1, 0.15) is 12.5 Å². The minimum absolute atomic E-state index is 0.301. The first kappa shape index (κ1) is 14.3. The van der Waals surface area contributed by atoms with Gasteiger partial charge in [-0.3, -0.25) is 4.79 Å². The molecule has 0 aliphatic carbocycles. The Balaban J connectivity index is 2.10. The zero-order chi connectivity index (χ0) is 15.2. The highest BCUT2D eigenvalue weighted by atomic mass is 16.6. The van der Waals surface area contributed by atoms with Gasteiger partial charge in [-0.2, -0.15) is 5.10 Å². The average Bonchev–Trinajstić information content (AvgIpc) is 2.85. The molecule has 0 amide bonds. The quantitative estimate of drug-likeness (QED) is 0.268. The molecule has 0 atom stereocenters. The predicted molar refractivity (Wildman–Crippen MR) is 75.7 cm³/mol. The highest BCUT2D eigenvalue weighted by molar-refractivity contribution is 5.82. The molecule has 21 heavy (non-hydrogen) atoms. The smallest absolute Gasteiger partial charge is 0.308 e. The van der Waals surface area contributed by atoms with Crippen molar-refractivity contribution in [3.8, 4) is 11.5 Å². The van der Waals surface area contributed by atoms with Crippen molar-refractivity contribution >= 4 is 18.1 Å². The van der Waals surface area contributed by atoms with Gasteiger partial charge in [0.15, 0.2) is 11.5 Å². The first-order valence-corrected chi connectivity index (χ1v) is 5.91. The number of anilines is 1. The molecule has 0 saturated heterocycles. The largest absolute Gasteiger partial charge is 0.493 e. The lowest BCUT2D eigenvalue weighted by atomic mass is 10.2. The molecule has 0 spiro atoms. The number of methoxy groups -OCH3 is 1. The van der Waals surface area contributed by atoms with Crippen LogP contribution in [0.4, 0.5) is 5.95 Å². The lowest BCUT2D eigenvalue weighted by Gasteiger charge is -2.08. The van der Waals surface area contributed by atoms with Crippen molar-refractivity contribution in [2.75, 3.05) is 18.4 Å². The molecule has 1 aromatic heterocycles. The standard InChI is InChI=1S/C12H14N6O3/c1-8(19)21-10-4-3-9(5-11(10)20-2)6-14-16-12-17-15-7-18(12)13/h3-7H,13H2,1-2H3,(H,16,17). The first-order valence-electron chi connectivity index (χ1n) is 5.91. The fourth-order valence-corrected chi connectivity index (χ4v) is 1.49. The Bertz CT molecular complexity index is 667. The molecule has 110 valence electrons. The van der Waals surface area contributed by atoms with Crippen molar-refractivity contribution in [2.45, 2.75) is 6.92 Å². The number of nitrogens with one attached hydrogen (secondary N) is 1. The molecule has 0 bridgehead atoms. The molecule has 1 heterocycles. The number of benzene rings is 1. The summed E-state index contributed by atoms with van der Waals surface area (Å²) in [6.07, 6.45) is 2.88. The van der Waals surface area contributed by atoms with Crippen molar-refractivity contribution in [1.29, 1.82) is 0 Å². The molecule has 9 nitrogen and oxygen atoms in total. The number of hydrogen-bond donors (Lipinski definition) is 2. The van der Waals surface area contributed by atoms with Crippen molar-refractivity contribution in [1.82, 2.24) is 14.9 Å². The number of nitrogen functional groups attached to an aromatic ring is 1. The van der Waals surface area contributed by atoms with Crippen LogP contribution in [0.2, 0.25) is 0 Å². The average molecular weight is 290 g/mol.